The normalized spacial score (nSPS) is 22.5. The first kappa shape index (κ1) is 21.0. The highest BCUT2D eigenvalue weighted by Crippen LogP contribution is 2.45. The van der Waals surface area contributed by atoms with Crippen molar-refractivity contribution in [3.63, 3.8) is 0 Å². The van der Waals surface area contributed by atoms with Gasteiger partial charge in [0, 0.05) is 22.8 Å². The molecule has 32 heavy (non-hydrogen) atoms. The first-order valence-electron chi connectivity index (χ1n) is 10.5. The van der Waals surface area contributed by atoms with Crippen molar-refractivity contribution < 1.29 is 17.9 Å². The molecule has 0 spiro atoms. The van der Waals surface area contributed by atoms with Gasteiger partial charge in [-0.3, -0.25) is 8.78 Å². The zero-order valence-corrected chi connectivity index (χ0v) is 18.2. The van der Waals surface area contributed by atoms with Gasteiger partial charge in [-0.1, -0.05) is 5.10 Å². The predicted octanol–water partition coefficient (Wildman–Crippen LogP) is 3.41. The van der Waals surface area contributed by atoms with Crippen LogP contribution in [0.1, 0.15) is 50.5 Å². The lowest BCUT2D eigenvalue weighted by atomic mass is 10.0. The first-order chi connectivity index (χ1) is 15.4. The van der Waals surface area contributed by atoms with Crippen molar-refractivity contribution in [2.75, 3.05) is 5.32 Å². The molecule has 0 bridgehead atoms. The molecule has 11 heteroatoms. The van der Waals surface area contributed by atoms with Crippen molar-refractivity contribution in [2.24, 2.45) is 0 Å². The van der Waals surface area contributed by atoms with Crippen LogP contribution in [0.4, 0.5) is 16.0 Å². The number of aromatic nitrogens is 5. The summed E-state index contributed by atoms with van der Waals surface area (Å²) in [6.07, 6.45) is 10.2. The molecule has 2 saturated carbocycles. The predicted molar refractivity (Wildman–Crippen MR) is 113 cm³/mol. The minimum Gasteiger partial charge on any atom is -0.768 e. The summed E-state index contributed by atoms with van der Waals surface area (Å²) in [6, 6.07) is 4.19. The van der Waals surface area contributed by atoms with E-state index in [-0.39, 0.29) is 34.1 Å². The van der Waals surface area contributed by atoms with Crippen molar-refractivity contribution in [1.29, 1.82) is 0 Å². The summed E-state index contributed by atoms with van der Waals surface area (Å²) in [6.45, 7) is 2.18. The maximum atomic E-state index is 14.1. The number of benzene rings is 1. The van der Waals surface area contributed by atoms with E-state index < -0.39 is 16.9 Å². The van der Waals surface area contributed by atoms with Crippen LogP contribution >= 0.6 is 0 Å². The average molecular weight is 458 g/mol. The highest BCUT2D eigenvalue weighted by Gasteiger charge is 2.42. The monoisotopic (exact) mass is 457 g/mol. The Kier molecular flexibility index (Phi) is 5.38. The summed E-state index contributed by atoms with van der Waals surface area (Å²) in [5.74, 6) is -0.187. The number of halogens is 1. The van der Waals surface area contributed by atoms with Crippen LogP contribution in [0.3, 0.4) is 0 Å². The molecular weight excluding hydrogens is 435 g/mol. The number of ether oxygens (including phenoxy) is 1. The zero-order chi connectivity index (χ0) is 22.3. The molecule has 2 fully saturated rings. The molecule has 2 aliphatic carbocycles. The third kappa shape index (κ3) is 4.22. The third-order valence-corrected chi connectivity index (χ3v) is 6.89. The lowest BCUT2D eigenvalue weighted by molar-refractivity contribution is 0.175. The van der Waals surface area contributed by atoms with E-state index in [0.29, 0.717) is 6.01 Å². The second-order valence-corrected chi connectivity index (χ2v) is 9.51. The number of nitrogens with one attached hydrogen (secondary N) is 1. The standard InChI is InChI=1S/C21H23FN6O3S/c1-21(6-7-21)28-12-25-27-20(28)31-15-3-2-13(8-15)14-10-23-19(24-11-14)26-18-5-4-16(32(29)30)9-17(18)22/h4-5,9-13,15H,2-3,6-8H2,1H3,(H,29,30)(H,23,24,26)/p-1/t13-,15+/m1/s1. The van der Waals surface area contributed by atoms with Crippen LogP contribution in [0, 0.1) is 5.82 Å². The Morgan fingerprint density at radius 1 is 1.28 bits per heavy atom. The van der Waals surface area contributed by atoms with E-state index in [2.05, 4.69) is 32.4 Å². The summed E-state index contributed by atoms with van der Waals surface area (Å²) >= 11 is -2.48. The Bertz CT molecular complexity index is 1150. The molecule has 1 unspecified atom stereocenters. The van der Waals surface area contributed by atoms with E-state index in [4.69, 9.17) is 4.74 Å². The SMILES string of the molecule is CC1(n2cnnc2O[C@H]2CC[C@@H](c3cnc(Nc4ccc(S(=O)[O-])cc4F)nc3)C2)CC1. The molecular formula is C21H22FN6O3S-. The highest BCUT2D eigenvalue weighted by atomic mass is 32.2. The van der Waals surface area contributed by atoms with Gasteiger partial charge in [0.25, 0.3) is 0 Å². The van der Waals surface area contributed by atoms with Gasteiger partial charge in [-0.2, -0.15) is 0 Å². The van der Waals surface area contributed by atoms with E-state index in [9.17, 15) is 13.2 Å². The summed E-state index contributed by atoms with van der Waals surface area (Å²) in [7, 11) is 0. The van der Waals surface area contributed by atoms with E-state index in [1.807, 2.05) is 4.57 Å². The van der Waals surface area contributed by atoms with Gasteiger partial charge < -0.3 is 14.6 Å². The van der Waals surface area contributed by atoms with Crippen LogP contribution in [0.25, 0.3) is 0 Å². The van der Waals surface area contributed by atoms with Crippen molar-refractivity contribution >= 4 is 22.7 Å². The molecule has 168 valence electrons. The third-order valence-electron chi connectivity index (χ3n) is 6.25. The van der Waals surface area contributed by atoms with Gasteiger partial charge in [0.1, 0.15) is 18.2 Å². The maximum absolute atomic E-state index is 14.1. The van der Waals surface area contributed by atoms with Crippen molar-refractivity contribution in [1.82, 2.24) is 24.7 Å². The second kappa shape index (κ2) is 8.21. The van der Waals surface area contributed by atoms with Crippen LogP contribution in [0.5, 0.6) is 6.01 Å². The Morgan fingerprint density at radius 2 is 2.06 bits per heavy atom. The Balaban J connectivity index is 1.21. The second-order valence-electron chi connectivity index (χ2n) is 8.57. The average Bonchev–Trinajstić information content (AvgIpc) is 3.16. The van der Waals surface area contributed by atoms with Gasteiger partial charge >= 0.3 is 6.01 Å². The number of anilines is 2. The van der Waals surface area contributed by atoms with Crippen LogP contribution in [-0.4, -0.2) is 39.6 Å². The van der Waals surface area contributed by atoms with Gasteiger partial charge in [0.05, 0.1) is 5.69 Å². The van der Waals surface area contributed by atoms with Gasteiger partial charge in [0.2, 0.25) is 5.95 Å². The Hall–Kier alpha value is -2.92. The summed E-state index contributed by atoms with van der Waals surface area (Å²) in [5, 5.41) is 10.9. The summed E-state index contributed by atoms with van der Waals surface area (Å²) in [4.78, 5) is 8.47. The fourth-order valence-electron chi connectivity index (χ4n) is 4.03. The van der Waals surface area contributed by atoms with Gasteiger partial charge in [-0.15, -0.1) is 5.10 Å². The van der Waals surface area contributed by atoms with Crippen molar-refractivity contribution in [3.8, 4) is 6.01 Å². The Labute approximate surface area is 186 Å². The molecule has 3 atom stereocenters. The van der Waals surface area contributed by atoms with Gasteiger partial charge in [-0.05, 0) is 79.8 Å². The lowest BCUT2D eigenvalue weighted by Crippen LogP contribution is -2.19. The molecule has 0 radical (unpaired) electrons. The van der Waals surface area contributed by atoms with Crippen LogP contribution < -0.4 is 10.1 Å². The fourth-order valence-corrected chi connectivity index (χ4v) is 4.41. The van der Waals surface area contributed by atoms with E-state index in [1.165, 1.54) is 12.1 Å². The highest BCUT2D eigenvalue weighted by molar-refractivity contribution is 7.79. The molecule has 1 aromatic carbocycles. The van der Waals surface area contributed by atoms with Crippen molar-refractivity contribution in [3.05, 3.63) is 48.3 Å². The minimum atomic E-state index is -2.48. The molecule has 0 aliphatic heterocycles. The summed E-state index contributed by atoms with van der Waals surface area (Å²) < 4.78 is 44.2. The molecule has 3 aromatic rings. The largest absolute Gasteiger partial charge is 0.768 e. The molecule has 2 aliphatic rings. The van der Waals surface area contributed by atoms with Gasteiger partial charge in [0.15, 0.2) is 0 Å². The van der Waals surface area contributed by atoms with Crippen LogP contribution in [-0.2, 0) is 16.6 Å². The number of hydrogen-bond donors (Lipinski definition) is 1. The van der Waals surface area contributed by atoms with Crippen LogP contribution in [0.15, 0.2) is 41.8 Å². The molecule has 9 nitrogen and oxygen atoms in total. The first-order valence-corrected chi connectivity index (χ1v) is 11.5. The van der Waals surface area contributed by atoms with Crippen molar-refractivity contribution in [2.45, 2.75) is 61.5 Å². The number of nitrogens with zero attached hydrogens (tertiary/aromatic N) is 5. The molecule has 0 saturated heterocycles. The van der Waals surface area contributed by atoms with E-state index in [0.717, 1.165) is 43.7 Å². The van der Waals surface area contributed by atoms with E-state index in [1.54, 1.807) is 18.7 Å². The number of rotatable bonds is 7. The quantitative estimate of drug-likeness (QED) is 0.536. The van der Waals surface area contributed by atoms with E-state index >= 15 is 0 Å². The molecule has 1 N–H and O–H groups in total. The maximum Gasteiger partial charge on any atom is 0.317 e. The number of hydrogen-bond acceptors (Lipinski definition) is 8. The van der Waals surface area contributed by atoms with Crippen LogP contribution in [0.2, 0.25) is 0 Å². The lowest BCUT2D eigenvalue weighted by Gasteiger charge is -2.17. The molecule has 2 heterocycles. The summed E-state index contributed by atoms with van der Waals surface area (Å²) in [5.41, 5.74) is 1.18. The zero-order valence-electron chi connectivity index (χ0n) is 17.4. The topological polar surface area (TPSA) is 118 Å². The smallest absolute Gasteiger partial charge is 0.317 e. The van der Waals surface area contributed by atoms with Gasteiger partial charge in [-0.25, -0.2) is 14.4 Å². The molecule has 2 aromatic heterocycles. The Morgan fingerprint density at radius 3 is 2.75 bits per heavy atom. The fraction of sp³-hybridized carbons (Fsp3) is 0.429. The molecule has 5 rings (SSSR count). The minimum absolute atomic E-state index is 0.0577. The molecule has 0 amide bonds.